The largest absolute Gasteiger partial charge is 0.493 e. The molecule has 1 aliphatic rings. The van der Waals surface area contributed by atoms with Gasteiger partial charge in [-0.3, -0.25) is 10.2 Å². The molecule has 28 heavy (non-hydrogen) atoms. The fraction of sp³-hybridized carbons (Fsp3) is 0.238. The highest BCUT2D eigenvalue weighted by atomic mass is 16.5. The van der Waals surface area contributed by atoms with Crippen LogP contribution in [0.3, 0.4) is 0 Å². The molecule has 0 spiro atoms. The van der Waals surface area contributed by atoms with Gasteiger partial charge in [0.1, 0.15) is 11.6 Å². The van der Waals surface area contributed by atoms with Crippen LogP contribution in [0.25, 0.3) is 16.8 Å². The number of hydrogen-bond donors (Lipinski definition) is 3. The Balaban J connectivity index is 0.000000717. The van der Waals surface area contributed by atoms with E-state index < -0.39 is 0 Å². The lowest BCUT2D eigenvalue weighted by atomic mass is 10.0. The van der Waals surface area contributed by atoms with Crippen molar-refractivity contribution in [2.24, 2.45) is 5.73 Å². The molecule has 0 saturated carbocycles. The van der Waals surface area contributed by atoms with Crippen molar-refractivity contribution in [3.05, 3.63) is 65.9 Å². The topological polar surface area (TPSA) is 118 Å². The maximum Gasteiger partial charge on any atom is 0.204 e. The summed E-state index contributed by atoms with van der Waals surface area (Å²) in [6.07, 6.45) is 3.26. The highest BCUT2D eigenvalue weighted by Crippen LogP contribution is 2.21. The summed E-state index contributed by atoms with van der Waals surface area (Å²) in [5.41, 5.74) is 8.56. The molecule has 148 valence electrons. The minimum Gasteiger partial charge on any atom is -0.493 e. The molecular formula is C21H27N5O2. The van der Waals surface area contributed by atoms with Crippen LogP contribution in [0.5, 0.6) is 0 Å². The second-order valence-corrected chi connectivity index (χ2v) is 6.07. The SMILES string of the molecule is C=C(C)c1cccc(-c2ccc(=N)n(CC3CC=C(C)O3)n2)c1.C=N.NC=O. The van der Waals surface area contributed by atoms with E-state index in [1.165, 1.54) is 0 Å². The molecule has 0 aliphatic carbocycles. The summed E-state index contributed by atoms with van der Waals surface area (Å²) in [6.45, 7) is 11.0. The molecule has 2 heterocycles. The van der Waals surface area contributed by atoms with Gasteiger partial charge in [-0.1, -0.05) is 30.4 Å². The van der Waals surface area contributed by atoms with E-state index in [0.29, 0.717) is 12.0 Å². The monoisotopic (exact) mass is 381 g/mol. The summed E-state index contributed by atoms with van der Waals surface area (Å²) in [5.74, 6) is 0.951. The van der Waals surface area contributed by atoms with Gasteiger partial charge in [-0.2, -0.15) is 5.10 Å². The van der Waals surface area contributed by atoms with E-state index in [1.54, 1.807) is 10.7 Å². The highest BCUT2D eigenvalue weighted by molar-refractivity contribution is 5.68. The van der Waals surface area contributed by atoms with Crippen molar-refractivity contribution < 1.29 is 9.53 Å². The number of hydrogen-bond acceptors (Lipinski definition) is 5. The first-order chi connectivity index (χ1) is 13.4. The van der Waals surface area contributed by atoms with Gasteiger partial charge in [-0.15, -0.1) is 0 Å². The summed E-state index contributed by atoms with van der Waals surface area (Å²) >= 11 is 0. The van der Waals surface area contributed by atoms with Gasteiger partial charge >= 0.3 is 0 Å². The van der Waals surface area contributed by atoms with E-state index in [-0.39, 0.29) is 12.5 Å². The summed E-state index contributed by atoms with van der Waals surface area (Å²) in [6, 6.07) is 11.8. The van der Waals surface area contributed by atoms with Crippen LogP contribution in [0.2, 0.25) is 0 Å². The molecule has 1 unspecified atom stereocenters. The molecule has 1 aliphatic heterocycles. The second-order valence-electron chi connectivity index (χ2n) is 6.07. The molecule has 1 amide bonds. The molecule has 1 aromatic heterocycles. The third-order valence-electron chi connectivity index (χ3n) is 3.95. The molecule has 1 aromatic carbocycles. The number of nitrogens with two attached hydrogens (primary N) is 1. The zero-order valence-electron chi connectivity index (χ0n) is 16.3. The molecule has 3 rings (SSSR count). The molecule has 0 radical (unpaired) electrons. The van der Waals surface area contributed by atoms with Gasteiger partial charge in [0.05, 0.1) is 18.0 Å². The molecule has 0 fully saturated rings. The average Bonchev–Trinajstić information content (AvgIpc) is 3.10. The maximum atomic E-state index is 8.58. The maximum absolute atomic E-state index is 8.58. The van der Waals surface area contributed by atoms with Crippen LogP contribution in [0.15, 0.2) is 54.8 Å². The van der Waals surface area contributed by atoms with E-state index in [4.69, 9.17) is 20.3 Å². The number of benzene rings is 1. The number of carbonyl (C=O) groups is 1. The number of amides is 1. The Hall–Kier alpha value is -3.48. The number of rotatable bonds is 4. The van der Waals surface area contributed by atoms with E-state index >= 15 is 0 Å². The van der Waals surface area contributed by atoms with Gasteiger partial charge in [0, 0.05) is 12.0 Å². The van der Waals surface area contributed by atoms with Crippen LogP contribution in [0, 0.1) is 10.8 Å². The third kappa shape index (κ3) is 6.35. The molecule has 7 nitrogen and oxygen atoms in total. The Labute approximate surface area is 165 Å². The van der Waals surface area contributed by atoms with Crippen molar-refractivity contribution in [3.8, 4) is 11.3 Å². The van der Waals surface area contributed by atoms with Gasteiger partial charge in [0.2, 0.25) is 6.41 Å². The lowest BCUT2D eigenvalue weighted by Crippen LogP contribution is -2.28. The number of carbonyl (C=O) groups excluding carboxylic acids is 1. The van der Waals surface area contributed by atoms with E-state index in [2.05, 4.69) is 36.3 Å². The molecule has 4 N–H and O–H groups in total. The molecular weight excluding hydrogens is 354 g/mol. The number of nitrogens with zero attached hydrogens (tertiary/aromatic N) is 2. The average molecular weight is 381 g/mol. The van der Waals surface area contributed by atoms with Gasteiger partial charge in [0.25, 0.3) is 0 Å². The van der Waals surface area contributed by atoms with Crippen LogP contribution in [-0.2, 0) is 16.1 Å². The van der Waals surface area contributed by atoms with Gasteiger partial charge in [-0.25, -0.2) is 4.68 Å². The first kappa shape index (κ1) is 22.6. The quantitative estimate of drug-likeness (QED) is 0.558. The van der Waals surface area contributed by atoms with Crippen molar-refractivity contribution >= 4 is 18.7 Å². The summed E-state index contributed by atoms with van der Waals surface area (Å²) in [5, 5.41) is 18.2. The lowest BCUT2D eigenvalue weighted by Gasteiger charge is -2.14. The van der Waals surface area contributed by atoms with Crippen molar-refractivity contribution in [3.63, 3.8) is 0 Å². The number of nitrogens with one attached hydrogen (secondary N) is 2. The van der Waals surface area contributed by atoms with Gasteiger partial charge in [-0.05, 0) is 50.4 Å². The Morgan fingerprint density at radius 1 is 1.39 bits per heavy atom. The summed E-state index contributed by atoms with van der Waals surface area (Å²) in [7, 11) is 0. The fourth-order valence-electron chi connectivity index (χ4n) is 2.66. The Kier molecular flexibility index (Phi) is 9.09. The van der Waals surface area contributed by atoms with Crippen molar-refractivity contribution in [2.45, 2.75) is 32.9 Å². The van der Waals surface area contributed by atoms with Crippen LogP contribution in [0.4, 0.5) is 0 Å². The van der Waals surface area contributed by atoms with Crippen molar-refractivity contribution in [2.75, 3.05) is 0 Å². The van der Waals surface area contributed by atoms with E-state index in [9.17, 15) is 0 Å². The molecule has 1 atom stereocenters. The number of primary amides is 1. The number of allylic oxidation sites excluding steroid dienone is 2. The highest BCUT2D eigenvalue weighted by Gasteiger charge is 2.16. The van der Waals surface area contributed by atoms with Crippen LogP contribution >= 0.6 is 0 Å². The minimum absolute atomic E-state index is 0.0635. The standard InChI is InChI=1S/C19H21N3O.CH3NO.CH3N/c1-13(2)15-5-4-6-16(11-15)18-9-10-19(20)22(21-18)12-17-8-7-14(3)23-17;2-1-3;1-2/h4-7,9-11,17,20H,1,8,12H2,2-3H3;1H,(H2,2,3);2H,1H2. The Morgan fingerprint density at radius 3 is 2.64 bits per heavy atom. The minimum atomic E-state index is 0.0635. The Morgan fingerprint density at radius 2 is 2.07 bits per heavy atom. The predicted molar refractivity (Wildman–Crippen MR) is 112 cm³/mol. The second kappa shape index (κ2) is 11.3. The molecule has 0 saturated heterocycles. The first-order valence-electron chi connectivity index (χ1n) is 8.67. The lowest BCUT2D eigenvalue weighted by molar-refractivity contribution is -0.106. The first-order valence-corrected chi connectivity index (χ1v) is 8.67. The zero-order chi connectivity index (χ0) is 21.1. The van der Waals surface area contributed by atoms with Crippen molar-refractivity contribution in [1.82, 2.24) is 9.78 Å². The summed E-state index contributed by atoms with van der Waals surface area (Å²) < 4.78 is 7.43. The predicted octanol–water partition coefficient (Wildman–Crippen LogP) is 3.12. The number of ether oxygens (including phenoxy) is 1. The molecule has 0 bridgehead atoms. The smallest absolute Gasteiger partial charge is 0.204 e. The number of aromatic nitrogens is 2. The van der Waals surface area contributed by atoms with E-state index in [1.807, 2.05) is 38.1 Å². The summed E-state index contributed by atoms with van der Waals surface area (Å²) in [4.78, 5) is 8.58. The van der Waals surface area contributed by atoms with E-state index in [0.717, 1.165) is 34.6 Å². The third-order valence-corrected chi connectivity index (χ3v) is 3.95. The molecule has 2 aromatic rings. The normalized spacial score (nSPS) is 14.4. The zero-order valence-corrected chi connectivity index (χ0v) is 16.3. The van der Waals surface area contributed by atoms with Crippen molar-refractivity contribution in [1.29, 1.82) is 10.8 Å². The molecule has 7 heteroatoms. The van der Waals surface area contributed by atoms with Gasteiger partial charge in [0.15, 0.2) is 0 Å². The van der Waals surface area contributed by atoms with Crippen LogP contribution in [-0.4, -0.2) is 29.0 Å². The van der Waals surface area contributed by atoms with Crippen LogP contribution < -0.4 is 11.2 Å². The van der Waals surface area contributed by atoms with Crippen LogP contribution in [0.1, 0.15) is 25.8 Å². The Bertz CT molecular complexity index is 902. The van der Waals surface area contributed by atoms with Gasteiger partial charge < -0.3 is 15.9 Å². The fourth-order valence-corrected chi connectivity index (χ4v) is 2.66.